The fraction of sp³-hybridized carbons (Fsp3) is 0.440. The number of nitrogens with zero attached hydrogens (tertiary/aromatic N) is 2. The average molecular weight is 439 g/mol. The van der Waals surface area contributed by atoms with E-state index < -0.39 is 0 Å². The highest BCUT2D eigenvalue weighted by atomic mass is 16.5. The molecule has 7 heteroatoms. The van der Waals surface area contributed by atoms with Crippen molar-refractivity contribution < 1.29 is 14.3 Å². The highest BCUT2D eigenvalue weighted by Gasteiger charge is 2.22. The second-order valence-electron chi connectivity index (χ2n) is 7.98. The molecule has 3 rings (SSSR count). The van der Waals surface area contributed by atoms with Crippen molar-refractivity contribution >= 4 is 11.9 Å². The summed E-state index contributed by atoms with van der Waals surface area (Å²) in [5.41, 5.74) is 2.40. The lowest BCUT2D eigenvalue weighted by molar-refractivity contribution is -0.131. The largest absolute Gasteiger partial charge is 0.493 e. The number of hydrogen-bond acceptors (Lipinski definition) is 4. The number of ether oxygens (including phenoxy) is 2. The molecule has 0 aromatic heterocycles. The minimum absolute atomic E-state index is 0.109. The number of piperidine rings is 1. The Morgan fingerprint density at radius 2 is 1.72 bits per heavy atom. The monoisotopic (exact) mass is 438 g/mol. The topological polar surface area (TPSA) is 75.2 Å². The average Bonchev–Trinajstić information content (AvgIpc) is 2.84. The van der Waals surface area contributed by atoms with E-state index in [2.05, 4.69) is 39.9 Å². The van der Waals surface area contributed by atoms with E-state index in [1.54, 1.807) is 21.3 Å². The Labute approximate surface area is 190 Å². The zero-order valence-electron chi connectivity index (χ0n) is 19.3. The molecule has 32 heavy (non-hydrogen) atoms. The van der Waals surface area contributed by atoms with Crippen LogP contribution in [0.1, 0.15) is 24.0 Å². The van der Waals surface area contributed by atoms with Crippen molar-refractivity contribution in [2.45, 2.75) is 25.8 Å². The number of amides is 1. The first kappa shape index (κ1) is 23.4. The van der Waals surface area contributed by atoms with Crippen LogP contribution in [0.3, 0.4) is 0 Å². The number of carbonyl (C=O) groups is 1. The zero-order valence-corrected chi connectivity index (χ0v) is 19.3. The van der Waals surface area contributed by atoms with Crippen molar-refractivity contribution in [3.8, 4) is 11.5 Å². The lowest BCUT2D eigenvalue weighted by Gasteiger charge is -2.32. The first-order valence-electron chi connectivity index (χ1n) is 11.1. The van der Waals surface area contributed by atoms with Crippen LogP contribution in [-0.2, 0) is 17.8 Å². The van der Waals surface area contributed by atoms with Crippen LogP contribution < -0.4 is 20.1 Å². The van der Waals surface area contributed by atoms with Crippen LogP contribution in [0.25, 0.3) is 0 Å². The highest BCUT2D eigenvalue weighted by Crippen LogP contribution is 2.27. The quantitative estimate of drug-likeness (QED) is 0.490. The van der Waals surface area contributed by atoms with E-state index in [1.807, 2.05) is 29.2 Å². The van der Waals surface area contributed by atoms with Crippen molar-refractivity contribution in [2.24, 2.45) is 10.9 Å². The zero-order chi connectivity index (χ0) is 22.8. The van der Waals surface area contributed by atoms with E-state index in [-0.39, 0.29) is 12.5 Å². The Morgan fingerprint density at radius 3 is 2.38 bits per heavy atom. The van der Waals surface area contributed by atoms with Crippen molar-refractivity contribution in [3.05, 3.63) is 59.7 Å². The molecule has 0 spiro atoms. The summed E-state index contributed by atoms with van der Waals surface area (Å²) in [6.45, 7) is 2.42. The predicted octanol–water partition coefficient (Wildman–Crippen LogP) is 2.85. The molecule has 1 heterocycles. The van der Waals surface area contributed by atoms with E-state index in [4.69, 9.17) is 9.47 Å². The van der Waals surface area contributed by atoms with Gasteiger partial charge in [-0.25, -0.2) is 0 Å². The molecule has 1 amide bonds. The van der Waals surface area contributed by atoms with Gasteiger partial charge in [0, 0.05) is 26.7 Å². The van der Waals surface area contributed by atoms with Crippen LogP contribution in [0.4, 0.5) is 0 Å². The number of benzene rings is 2. The molecule has 0 unspecified atom stereocenters. The number of likely N-dealkylation sites (tertiary alicyclic amines) is 1. The molecule has 2 N–H and O–H groups in total. The molecule has 7 nitrogen and oxygen atoms in total. The number of nitrogens with one attached hydrogen (secondary N) is 2. The van der Waals surface area contributed by atoms with Crippen molar-refractivity contribution in [1.82, 2.24) is 15.5 Å². The van der Waals surface area contributed by atoms with Crippen LogP contribution in [0.15, 0.2) is 53.5 Å². The first-order valence-corrected chi connectivity index (χ1v) is 11.1. The van der Waals surface area contributed by atoms with Gasteiger partial charge >= 0.3 is 0 Å². The van der Waals surface area contributed by atoms with Crippen LogP contribution >= 0.6 is 0 Å². The van der Waals surface area contributed by atoms with Gasteiger partial charge in [-0.2, -0.15) is 0 Å². The van der Waals surface area contributed by atoms with E-state index in [1.165, 1.54) is 5.56 Å². The molecule has 0 saturated carbocycles. The Kier molecular flexibility index (Phi) is 8.78. The van der Waals surface area contributed by atoms with Gasteiger partial charge in [0.2, 0.25) is 5.91 Å². The summed E-state index contributed by atoms with van der Waals surface area (Å²) in [7, 11) is 4.93. The molecule has 172 valence electrons. The summed E-state index contributed by atoms with van der Waals surface area (Å²) < 4.78 is 10.6. The molecule has 0 aliphatic carbocycles. The number of methoxy groups -OCH3 is 2. The summed E-state index contributed by atoms with van der Waals surface area (Å²) in [6, 6.07) is 16.4. The maximum atomic E-state index is 12.7. The maximum absolute atomic E-state index is 12.7. The van der Waals surface area contributed by atoms with E-state index in [9.17, 15) is 4.79 Å². The SMILES string of the molecule is CN=C(NCC(=O)N1CCC(Cc2ccccc2)CC1)NCc1ccc(OC)c(OC)c1. The van der Waals surface area contributed by atoms with Crippen LogP contribution in [-0.4, -0.2) is 57.7 Å². The lowest BCUT2D eigenvalue weighted by atomic mass is 9.90. The fourth-order valence-electron chi connectivity index (χ4n) is 4.00. The fourth-order valence-corrected chi connectivity index (χ4v) is 4.00. The summed E-state index contributed by atoms with van der Waals surface area (Å²) in [4.78, 5) is 18.8. The summed E-state index contributed by atoms with van der Waals surface area (Å²) in [5.74, 6) is 2.71. The minimum Gasteiger partial charge on any atom is -0.493 e. The molecule has 2 aromatic carbocycles. The Balaban J connectivity index is 1.41. The Bertz CT molecular complexity index is 893. The van der Waals surface area contributed by atoms with Gasteiger partial charge in [0.1, 0.15) is 0 Å². The lowest BCUT2D eigenvalue weighted by Crippen LogP contribution is -2.46. The number of aliphatic imine (C=N–C) groups is 1. The van der Waals surface area contributed by atoms with Gasteiger partial charge in [-0.05, 0) is 48.4 Å². The Morgan fingerprint density at radius 1 is 1.00 bits per heavy atom. The van der Waals surface area contributed by atoms with Crippen LogP contribution in [0.2, 0.25) is 0 Å². The van der Waals surface area contributed by atoms with E-state index >= 15 is 0 Å². The Hall–Kier alpha value is -3.22. The summed E-state index contributed by atoms with van der Waals surface area (Å²) in [5, 5.41) is 6.37. The molecule has 1 saturated heterocycles. The first-order chi connectivity index (χ1) is 15.6. The highest BCUT2D eigenvalue weighted by molar-refractivity contribution is 5.86. The molecule has 1 aliphatic heterocycles. The van der Waals surface area contributed by atoms with Crippen molar-refractivity contribution in [2.75, 3.05) is 40.9 Å². The standard InChI is InChI=1S/C25H34N4O3/c1-26-25(27-17-21-9-10-22(31-2)23(16-21)32-3)28-18-24(30)29-13-11-20(12-14-29)15-19-7-5-4-6-8-19/h4-10,16,20H,11-15,17-18H2,1-3H3,(H2,26,27,28). The number of hydrogen-bond donors (Lipinski definition) is 2. The van der Waals surface area contributed by atoms with Gasteiger partial charge in [0.15, 0.2) is 17.5 Å². The normalized spacial score (nSPS) is 14.7. The number of guanidine groups is 1. The summed E-state index contributed by atoms with van der Waals surface area (Å²) >= 11 is 0. The smallest absolute Gasteiger partial charge is 0.241 e. The van der Waals surface area contributed by atoms with Crippen molar-refractivity contribution in [3.63, 3.8) is 0 Å². The second kappa shape index (κ2) is 12.0. The predicted molar refractivity (Wildman–Crippen MR) is 127 cm³/mol. The maximum Gasteiger partial charge on any atom is 0.241 e. The van der Waals surface area contributed by atoms with E-state index in [0.717, 1.165) is 37.9 Å². The third kappa shape index (κ3) is 6.64. The molecule has 0 bridgehead atoms. The minimum atomic E-state index is 0.109. The number of rotatable bonds is 8. The molecular formula is C25H34N4O3. The molecule has 1 aliphatic rings. The molecule has 1 fully saturated rings. The van der Waals surface area contributed by atoms with Gasteiger partial charge < -0.3 is 25.0 Å². The van der Waals surface area contributed by atoms with Gasteiger partial charge in [-0.3, -0.25) is 9.79 Å². The number of carbonyl (C=O) groups excluding carboxylic acids is 1. The molecular weight excluding hydrogens is 404 g/mol. The molecule has 2 aromatic rings. The van der Waals surface area contributed by atoms with Gasteiger partial charge in [-0.1, -0.05) is 36.4 Å². The van der Waals surface area contributed by atoms with Crippen LogP contribution in [0, 0.1) is 5.92 Å². The van der Waals surface area contributed by atoms with Crippen molar-refractivity contribution in [1.29, 1.82) is 0 Å². The second-order valence-corrected chi connectivity index (χ2v) is 7.98. The molecule has 0 atom stereocenters. The van der Waals surface area contributed by atoms with Gasteiger partial charge in [0.05, 0.1) is 20.8 Å². The molecule has 0 radical (unpaired) electrons. The van der Waals surface area contributed by atoms with Crippen LogP contribution in [0.5, 0.6) is 11.5 Å². The van der Waals surface area contributed by atoms with E-state index in [0.29, 0.717) is 29.9 Å². The third-order valence-electron chi connectivity index (χ3n) is 5.87. The summed E-state index contributed by atoms with van der Waals surface area (Å²) in [6.07, 6.45) is 3.19. The van der Waals surface area contributed by atoms with Gasteiger partial charge in [0.25, 0.3) is 0 Å². The third-order valence-corrected chi connectivity index (χ3v) is 5.87. The van der Waals surface area contributed by atoms with Gasteiger partial charge in [-0.15, -0.1) is 0 Å².